The molecule has 0 atom stereocenters. The van der Waals surface area contributed by atoms with Crippen LogP contribution in [-0.2, 0) is 12.7 Å². The van der Waals surface area contributed by atoms with E-state index in [1.54, 1.807) is 0 Å². The van der Waals surface area contributed by atoms with E-state index < -0.39 is 11.9 Å². The minimum atomic E-state index is -4.39. The first-order valence-electron chi connectivity index (χ1n) is 9.56. The standard InChI is InChI=1S/C19H23F3N6/c20-19(21,22)16-4-3-15(13-24-16)14-26-9-11-27(12-10-26)17-5-6-23-18(25-17)28-7-1-2-8-28/h3-6,13H,1-2,7-12,14H2. The Bertz CT molecular complexity index is 781. The first-order chi connectivity index (χ1) is 13.5. The van der Waals surface area contributed by atoms with E-state index in [-0.39, 0.29) is 0 Å². The van der Waals surface area contributed by atoms with E-state index in [1.807, 2.05) is 12.3 Å². The number of pyridine rings is 1. The zero-order valence-corrected chi connectivity index (χ0v) is 15.6. The summed E-state index contributed by atoms with van der Waals surface area (Å²) in [6, 6.07) is 4.50. The fraction of sp³-hybridized carbons (Fsp3) is 0.526. The average Bonchev–Trinajstić information content (AvgIpc) is 3.23. The van der Waals surface area contributed by atoms with Gasteiger partial charge in [0, 0.05) is 58.2 Å². The third kappa shape index (κ3) is 4.35. The first-order valence-corrected chi connectivity index (χ1v) is 9.56. The Morgan fingerprint density at radius 2 is 1.61 bits per heavy atom. The van der Waals surface area contributed by atoms with Gasteiger partial charge in [0.2, 0.25) is 5.95 Å². The largest absolute Gasteiger partial charge is 0.433 e. The molecular formula is C19H23F3N6. The summed E-state index contributed by atoms with van der Waals surface area (Å²) in [7, 11) is 0. The van der Waals surface area contributed by atoms with Crippen molar-refractivity contribution >= 4 is 11.8 Å². The van der Waals surface area contributed by atoms with E-state index in [9.17, 15) is 13.2 Å². The van der Waals surface area contributed by atoms with Crippen LogP contribution < -0.4 is 9.80 Å². The molecule has 0 aliphatic carbocycles. The molecule has 2 aromatic rings. The summed E-state index contributed by atoms with van der Waals surface area (Å²) in [5.74, 6) is 1.74. The molecule has 4 rings (SSSR count). The van der Waals surface area contributed by atoms with Crippen LogP contribution in [0.15, 0.2) is 30.6 Å². The minimum absolute atomic E-state index is 0.599. The lowest BCUT2D eigenvalue weighted by molar-refractivity contribution is -0.141. The molecule has 0 bridgehead atoms. The summed E-state index contributed by atoms with van der Waals surface area (Å²) in [5, 5.41) is 0. The second kappa shape index (κ2) is 7.90. The highest BCUT2D eigenvalue weighted by Crippen LogP contribution is 2.27. The van der Waals surface area contributed by atoms with E-state index in [4.69, 9.17) is 4.98 Å². The predicted octanol–water partition coefficient (Wildman–Crippen LogP) is 2.81. The Hall–Kier alpha value is -2.42. The number of hydrogen-bond acceptors (Lipinski definition) is 6. The summed E-state index contributed by atoms with van der Waals surface area (Å²) in [6.07, 6.45) is 1.12. The molecule has 6 nitrogen and oxygen atoms in total. The molecule has 2 aliphatic rings. The number of hydrogen-bond donors (Lipinski definition) is 0. The summed E-state index contributed by atoms with van der Waals surface area (Å²) >= 11 is 0. The van der Waals surface area contributed by atoms with Crippen molar-refractivity contribution in [2.45, 2.75) is 25.6 Å². The first kappa shape index (κ1) is 18.9. The predicted molar refractivity (Wildman–Crippen MR) is 100 cm³/mol. The van der Waals surface area contributed by atoms with Crippen molar-refractivity contribution in [3.05, 3.63) is 41.9 Å². The Balaban J connectivity index is 1.33. The van der Waals surface area contributed by atoms with Gasteiger partial charge in [-0.25, -0.2) is 4.98 Å². The van der Waals surface area contributed by atoms with Gasteiger partial charge in [-0.2, -0.15) is 18.2 Å². The molecule has 0 saturated carbocycles. The second-order valence-corrected chi connectivity index (χ2v) is 7.22. The van der Waals surface area contributed by atoms with E-state index in [2.05, 4.69) is 24.7 Å². The lowest BCUT2D eigenvalue weighted by atomic mass is 10.2. The molecule has 4 heterocycles. The smallest absolute Gasteiger partial charge is 0.354 e. The van der Waals surface area contributed by atoms with Crippen LogP contribution in [0.5, 0.6) is 0 Å². The van der Waals surface area contributed by atoms with Gasteiger partial charge in [0.15, 0.2) is 0 Å². The molecule has 9 heteroatoms. The Kier molecular flexibility index (Phi) is 5.34. The molecule has 0 amide bonds. The van der Waals surface area contributed by atoms with Gasteiger partial charge in [-0.05, 0) is 30.5 Å². The van der Waals surface area contributed by atoms with E-state index in [0.29, 0.717) is 6.54 Å². The highest BCUT2D eigenvalue weighted by atomic mass is 19.4. The SMILES string of the molecule is FC(F)(F)c1ccc(CN2CCN(c3ccnc(N4CCCC4)n3)CC2)cn1. The lowest BCUT2D eigenvalue weighted by Crippen LogP contribution is -2.46. The van der Waals surface area contributed by atoms with Gasteiger partial charge in [-0.1, -0.05) is 6.07 Å². The van der Waals surface area contributed by atoms with E-state index in [1.165, 1.54) is 25.1 Å². The van der Waals surface area contributed by atoms with Gasteiger partial charge in [-0.15, -0.1) is 0 Å². The molecule has 28 heavy (non-hydrogen) atoms. The van der Waals surface area contributed by atoms with Crippen LogP contribution in [0.4, 0.5) is 24.9 Å². The molecule has 0 unspecified atom stereocenters. The number of halogens is 3. The van der Waals surface area contributed by atoms with Crippen LogP contribution in [0, 0.1) is 0 Å². The van der Waals surface area contributed by atoms with Gasteiger partial charge in [0.1, 0.15) is 11.5 Å². The summed E-state index contributed by atoms with van der Waals surface area (Å²) in [5.41, 5.74) is -0.0570. The zero-order valence-electron chi connectivity index (χ0n) is 15.6. The van der Waals surface area contributed by atoms with Crippen molar-refractivity contribution in [3.8, 4) is 0 Å². The van der Waals surface area contributed by atoms with Crippen molar-refractivity contribution in [1.29, 1.82) is 0 Å². The molecule has 2 saturated heterocycles. The van der Waals surface area contributed by atoms with Crippen molar-refractivity contribution in [2.75, 3.05) is 49.1 Å². The summed E-state index contributed by atoms with van der Waals surface area (Å²) < 4.78 is 37.9. The van der Waals surface area contributed by atoms with Crippen molar-refractivity contribution in [1.82, 2.24) is 19.9 Å². The average molecular weight is 392 g/mol. The lowest BCUT2D eigenvalue weighted by Gasteiger charge is -2.35. The highest BCUT2D eigenvalue weighted by Gasteiger charge is 2.32. The number of piperazine rings is 1. The van der Waals surface area contributed by atoms with Gasteiger partial charge >= 0.3 is 6.18 Å². The maximum Gasteiger partial charge on any atom is 0.433 e. The molecular weight excluding hydrogens is 369 g/mol. The number of alkyl halides is 3. The molecule has 150 valence electrons. The van der Waals surface area contributed by atoms with Crippen LogP contribution in [0.3, 0.4) is 0 Å². The number of anilines is 2. The summed E-state index contributed by atoms with van der Waals surface area (Å²) in [6.45, 7) is 5.92. The number of nitrogens with zero attached hydrogens (tertiary/aromatic N) is 6. The molecule has 2 aliphatic heterocycles. The minimum Gasteiger partial charge on any atom is -0.354 e. The van der Waals surface area contributed by atoms with Crippen LogP contribution in [-0.4, -0.2) is 59.1 Å². The van der Waals surface area contributed by atoms with Gasteiger partial charge < -0.3 is 9.80 Å². The van der Waals surface area contributed by atoms with E-state index in [0.717, 1.165) is 62.7 Å². The molecule has 0 aromatic carbocycles. The Labute approximate surface area is 162 Å². The molecule has 0 N–H and O–H groups in total. The van der Waals surface area contributed by atoms with Crippen LogP contribution in [0.2, 0.25) is 0 Å². The molecule has 2 aromatic heterocycles. The third-order valence-corrected chi connectivity index (χ3v) is 5.23. The topological polar surface area (TPSA) is 48.4 Å². The molecule has 0 spiro atoms. The third-order valence-electron chi connectivity index (χ3n) is 5.23. The van der Waals surface area contributed by atoms with Crippen molar-refractivity contribution in [2.24, 2.45) is 0 Å². The molecule has 2 fully saturated rings. The van der Waals surface area contributed by atoms with Gasteiger partial charge in [0.05, 0.1) is 0 Å². The number of aromatic nitrogens is 3. The van der Waals surface area contributed by atoms with Crippen LogP contribution in [0.1, 0.15) is 24.1 Å². The fourth-order valence-corrected chi connectivity index (χ4v) is 3.66. The summed E-state index contributed by atoms with van der Waals surface area (Å²) in [4.78, 5) is 19.4. The van der Waals surface area contributed by atoms with Crippen LogP contribution in [0.25, 0.3) is 0 Å². The molecule has 0 radical (unpaired) electrons. The van der Waals surface area contributed by atoms with E-state index >= 15 is 0 Å². The van der Waals surface area contributed by atoms with Gasteiger partial charge in [-0.3, -0.25) is 9.88 Å². The van der Waals surface area contributed by atoms with Crippen molar-refractivity contribution < 1.29 is 13.2 Å². The van der Waals surface area contributed by atoms with Gasteiger partial charge in [0.25, 0.3) is 0 Å². The second-order valence-electron chi connectivity index (χ2n) is 7.22. The Morgan fingerprint density at radius 3 is 2.25 bits per heavy atom. The normalized spacial score (nSPS) is 18.7. The quantitative estimate of drug-likeness (QED) is 0.798. The number of rotatable bonds is 4. The maximum atomic E-state index is 12.6. The maximum absolute atomic E-state index is 12.6. The van der Waals surface area contributed by atoms with Crippen molar-refractivity contribution in [3.63, 3.8) is 0 Å². The monoisotopic (exact) mass is 392 g/mol. The fourth-order valence-electron chi connectivity index (χ4n) is 3.66. The Morgan fingerprint density at radius 1 is 0.857 bits per heavy atom. The van der Waals surface area contributed by atoms with Crippen LogP contribution >= 0.6 is 0 Å². The zero-order chi connectivity index (χ0) is 19.6. The highest BCUT2D eigenvalue weighted by molar-refractivity contribution is 5.44.